The van der Waals surface area contributed by atoms with Gasteiger partial charge < -0.3 is 10.4 Å². The second-order valence-electron chi connectivity index (χ2n) is 4.70. The summed E-state index contributed by atoms with van der Waals surface area (Å²) in [4.78, 5) is 22.5. The number of hydrogen-bond donors (Lipinski definition) is 2. The molecule has 0 fully saturated rings. The zero-order chi connectivity index (χ0) is 13.8. The monoisotopic (exact) mass is 253 g/mol. The third-order valence-electron chi connectivity index (χ3n) is 2.72. The van der Waals surface area contributed by atoms with E-state index in [4.69, 9.17) is 5.11 Å². The average Bonchev–Trinajstić information content (AvgIpc) is 2.29. The number of carboxylic acids is 1. The molecule has 0 aliphatic heterocycles. The predicted molar refractivity (Wildman–Crippen MR) is 64.8 cm³/mol. The van der Waals surface area contributed by atoms with Crippen LogP contribution in [-0.2, 0) is 4.79 Å². The molecule has 1 amide bonds. The number of halogens is 1. The first-order valence-electron chi connectivity index (χ1n) is 5.60. The number of amides is 1. The van der Waals surface area contributed by atoms with Crippen molar-refractivity contribution in [1.29, 1.82) is 0 Å². The van der Waals surface area contributed by atoms with Crippen molar-refractivity contribution in [3.05, 3.63) is 35.6 Å². The molecule has 0 atom stereocenters. The fraction of sp³-hybridized carbons (Fsp3) is 0.385. The quantitative estimate of drug-likeness (QED) is 0.844. The summed E-state index contributed by atoms with van der Waals surface area (Å²) in [5.74, 6) is -1.65. The number of hydrogen-bond acceptors (Lipinski definition) is 2. The van der Waals surface area contributed by atoms with Crippen molar-refractivity contribution in [3.63, 3.8) is 0 Å². The third kappa shape index (κ3) is 3.84. The summed E-state index contributed by atoms with van der Waals surface area (Å²) >= 11 is 0. The highest BCUT2D eigenvalue weighted by molar-refractivity contribution is 5.94. The lowest BCUT2D eigenvalue weighted by atomic mass is 9.90. The summed E-state index contributed by atoms with van der Waals surface area (Å²) in [6.45, 7) is 3.45. The topological polar surface area (TPSA) is 66.4 Å². The molecule has 0 unspecified atom stereocenters. The Morgan fingerprint density at radius 3 is 2.33 bits per heavy atom. The molecular formula is C13H16FNO3. The number of carboxylic acid groups (broad SMARTS) is 1. The van der Waals surface area contributed by atoms with Gasteiger partial charge in [0, 0.05) is 12.1 Å². The molecule has 0 saturated heterocycles. The summed E-state index contributed by atoms with van der Waals surface area (Å²) in [5.41, 5.74) is -0.527. The Balaban J connectivity index is 2.47. The van der Waals surface area contributed by atoms with Gasteiger partial charge in [-0.05, 0) is 44.5 Å². The molecular weight excluding hydrogens is 237 g/mol. The fourth-order valence-electron chi connectivity index (χ4n) is 1.30. The lowest BCUT2D eigenvalue weighted by molar-refractivity contribution is -0.147. The minimum atomic E-state index is -0.904. The summed E-state index contributed by atoms with van der Waals surface area (Å²) in [5, 5.41) is 11.5. The molecule has 0 aliphatic carbocycles. The molecule has 1 aromatic rings. The van der Waals surface area contributed by atoms with E-state index >= 15 is 0 Å². The van der Waals surface area contributed by atoms with Crippen molar-refractivity contribution >= 4 is 11.9 Å². The minimum Gasteiger partial charge on any atom is -0.481 e. The zero-order valence-corrected chi connectivity index (χ0v) is 10.4. The van der Waals surface area contributed by atoms with Crippen molar-refractivity contribution in [3.8, 4) is 0 Å². The fourth-order valence-corrected chi connectivity index (χ4v) is 1.30. The van der Waals surface area contributed by atoms with Crippen LogP contribution in [0, 0.1) is 11.2 Å². The molecule has 2 N–H and O–H groups in total. The molecule has 18 heavy (non-hydrogen) atoms. The van der Waals surface area contributed by atoms with Crippen molar-refractivity contribution < 1.29 is 19.1 Å². The predicted octanol–water partition coefficient (Wildman–Crippen LogP) is 2.06. The van der Waals surface area contributed by atoms with Crippen LogP contribution in [0.3, 0.4) is 0 Å². The van der Waals surface area contributed by atoms with Gasteiger partial charge >= 0.3 is 5.97 Å². The molecule has 0 heterocycles. The van der Waals surface area contributed by atoms with Crippen molar-refractivity contribution in [2.24, 2.45) is 5.41 Å². The summed E-state index contributed by atoms with van der Waals surface area (Å²) < 4.78 is 12.7. The highest BCUT2D eigenvalue weighted by atomic mass is 19.1. The highest BCUT2D eigenvalue weighted by Gasteiger charge is 2.26. The van der Waals surface area contributed by atoms with E-state index in [1.54, 1.807) is 13.8 Å². The maximum Gasteiger partial charge on any atom is 0.309 e. The van der Waals surface area contributed by atoms with Crippen LogP contribution in [0.2, 0.25) is 0 Å². The average molecular weight is 253 g/mol. The Labute approximate surface area is 105 Å². The first-order valence-corrected chi connectivity index (χ1v) is 5.60. The van der Waals surface area contributed by atoms with Crippen LogP contribution < -0.4 is 5.32 Å². The largest absolute Gasteiger partial charge is 0.481 e. The smallest absolute Gasteiger partial charge is 0.309 e. The molecule has 98 valence electrons. The molecule has 0 aromatic heterocycles. The second kappa shape index (κ2) is 5.62. The summed E-state index contributed by atoms with van der Waals surface area (Å²) in [6, 6.07) is 5.17. The number of benzene rings is 1. The van der Waals surface area contributed by atoms with Crippen LogP contribution in [0.5, 0.6) is 0 Å². The van der Waals surface area contributed by atoms with E-state index in [1.165, 1.54) is 24.3 Å². The number of carbonyl (C=O) groups is 2. The van der Waals surface area contributed by atoms with Crippen molar-refractivity contribution in [2.45, 2.75) is 20.3 Å². The Kier molecular flexibility index (Phi) is 4.42. The van der Waals surface area contributed by atoms with Gasteiger partial charge in [0.05, 0.1) is 5.41 Å². The van der Waals surface area contributed by atoms with E-state index in [0.717, 1.165) is 0 Å². The van der Waals surface area contributed by atoms with E-state index in [-0.39, 0.29) is 12.5 Å². The van der Waals surface area contributed by atoms with Gasteiger partial charge in [-0.2, -0.15) is 0 Å². The Hall–Kier alpha value is -1.91. The van der Waals surface area contributed by atoms with Crippen LogP contribution in [0.25, 0.3) is 0 Å². The molecule has 1 rings (SSSR count). The van der Waals surface area contributed by atoms with Gasteiger partial charge in [0.15, 0.2) is 0 Å². The van der Waals surface area contributed by atoms with Crippen molar-refractivity contribution in [2.75, 3.05) is 6.54 Å². The van der Waals surface area contributed by atoms with E-state index in [1.807, 2.05) is 0 Å². The molecule has 0 aliphatic rings. The second-order valence-corrected chi connectivity index (χ2v) is 4.70. The zero-order valence-electron chi connectivity index (χ0n) is 10.4. The number of carbonyl (C=O) groups excluding carboxylic acids is 1. The molecule has 0 spiro atoms. The first-order chi connectivity index (χ1) is 8.33. The van der Waals surface area contributed by atoms with Gasteiger partial charge in [-0.15, -0.1) is 0 Å². The summed E-state index contributed by atoms with van der Waals surface area (Å²) in [6.07, 6.45) is 0.329. The van der Waals surface area contributed by atoms with E-state index in [0.29, 0.717) is 12.0 Å². The lowest BCUT2D eigenvalue weighted by Crippen LogP contribution is -2.31. The van der Waals surface area contributed by atoms with E-state index in [9.17, 15) is 14.0 Å². The van der Waals surface area contributed by atoms with E-state index < -0.39 is 17.2 Å². The normalized spacial score (nSPS) is 11.1. The van der Waals surface area contributed by atoms with Gasteiger partial charge in [-0.1, -0.05) is 0 Å². The standard InChI is InChI=1S/C13H16FNO3/c1-13(2,12(17)18)7-8-15-11(16)9-3-5-10(14)6-4-9/h3-6H,7-8H2,1-2H3,(H,15,16)(H,17,18). The van der Waals surface area contributed by atoms with Crippen LogP contribution in [0.15, 0.2) is 24.3 Å². The van der Waals surface area contributed by atoms with Crippen LogP contribution in [0.4, 0.5) is 4.39 Å². The maximum absolute atomic E-state index is 12.7. The number of rotatable bonds is 5. The lowest BCUT2D eigenvalue weighted by Gasteiger charge is -2.18. The summed E-state index contributed by atoms with van der Waals surface area (Å²) in [7, 11) is 0. The molecule has 0 radical (unpaired) electrons. The van der Waals surface area contributed by atoms with Gasteiger partial charge in [0.25, 0.3) is 5.91 Å². The molecule has 4 nitrogen and oxygen atoms in total. The van der Waals surface area contributed by atoms with Gasteiger partial charge in [0.1, 0.15) is 5.82 Å². The van der Waals surface area contributed by atoms with Gasteiger partial charge in [-0.3, -0.25) is 9.59 Å². The van der Waals surface area contributed by atoms with E-state index in [2.05, 4.69) is 5.32 Å². The molecule has 0 saturated carbocycles. The SMILES string of the molecule is CC(C)(CCNC(=O)c1ccc(F)cc1)C(=O)O. The maximum atomic E-state index is 12.7. The third-order valence-corrected chi connectivity index (χ3v) is 2.72. The first kappa shape index (κ1) is 14.2. The number of aliphatic carboxylic acids is 1. The Bertz CT molecular complexity index is 440. The Morgan fingerprint density at radius 2 is 1.83 bits per heavy atom. The molecule has 5 heteroatoms. The van der Waals surface area contributed by atoms with Crippen molar-refractivity contribution in [1.82, 2.24) is 5.32 Å². The van der Waals surface area contributed by atoms with Crippen LogP contribution >= 0.6 is 0 Å². The Morgan fingerprint density at radius 1 is 1.28 bits per heavy atom. The molecule has 0 bridgehead atoms. The van der Waals surface area contributed by atoms with Crippen LogP contribution in [0.1, 0.15) is 30.6 Å². The highest BCUT2D eigenvalue weighted by Crippen LogP contribution is 2.19. The van der Waals surface area contributed by atoms with Gasteiger partial charge in [-0.25, -0.2) is 4.39 Å². The number of nitrogens with one attached hydrogen (secondary N) is 1. The van der Waals surface area contributed by atoms with Crippen LogP contribution in [-0.4, -0.2) is 23.5 Å². The van der Waals surface area contributed by atoms with Gasteiger partial charge in [0.2, 0.25) is 0 Å². The molecule has 1 aromatic carbocycles. The minimum absolute atomic E-state index is 0.259.